The number of benzene rings is 1. The monoisotopic (exact) mass is 252 g/mol. The predicted molar refractivity (Wildman–Crippen MR) is 73.5 cm³/mol. The van der Waals surface area contributed by atoms with Gasteiger partial charge in [0, 0.05) is 19.8 Å². The standard InChI is InChI=1S/C14H24N2O2/c1-11(10-17-2)8-13(16-15)9-12-6-4-5-7-14(12)18-3/h4-7,11,13,16H,8-10,15H2,1-3H3. The van der Waals surface area contributed by atoms with Crippen LogP contribution in [0.5, 0.6) is 5.75 Å². The van der Waals surface area contributed by atoms with Crippen LogP contribution in [-0.2, 0) is 11.2 Å². The van der Waals surface area contributed by atoms with Gasteiger partial charge in [-0.15, -0.1) is 0 Å². The third-order valence-corrected chi connectivity index (χ3v) is 3.03. The maximum Gasteiger partial charge on any atom is 0.122 e. The number of nitrogens with one attached hydrogen (secondary N) is 1. The Morgan fingerprint density at radius 1 is 1.28 bits per heavy atom. The number of para-hydroxylation sites is 1. The molecule has 0 radical (unpaired) electrons. The molecule has 3 N–H and O–H groups in total. The summed E-state index contributed by atoms with van der Waals surface area (Å²) < 4.78 is 10.5. The molecule has 0 aliphatic carbocycles. The van der Waals surface area contributed by atoms with Gasteiger partial charge in [0.1, 0.15) is 5.75 Å². The molecule has 102 valence electrons. The molecule has 0 aliphatic rings. The summed E-state index contributed by atoms with van der Waals surface area (Å²) in [6, 6.07) is 8.27. The van der Waals surface area contributed by atoms with E-state index in [1.165, 1.54) is 5.56 Å². The minimum Gasteiger partial charge on any atom is -0.496 e. The highest BCUT2D eigenvalue weighted by Crippen LogP contribution is 2.20. The van der Waals surface area contributed by atoms with Gasteiger partial charge in [0.15, 0.2) is 0 Å². The smallest absolute Gasteiger partial charge is 0.122 e. The molecule has 0 spiro atoms. The average Bonchev–Trinajstić information content (AvgIpc) is 2.38. The summed E-state index contributed by atoms with van der Waals surface area (Å²) in [6.45, 7) is 2.92. The highest BCUT2D eigenvalue weighted by molar-refractivity contribution is 5.33. The summed E-state index contributed by atoms with van der Waals surface area (Å²) in [5.74, 6) is 7.02. The van der Waals surface area contributed by atoms with Crippen molar-refractivity contribution in [2.24, 2.45) is 11.8 Å². The van der Waals surface area contributed by atoms with Crippen molar-refractivity contribution in [3.8, 4) is 5.75 Å². The summed E-state index contributed by atoms with van der Waals surface area (Å²) in [4.78, 5) is 0. The lowest BCUT2D eigenvalue weighted by Gasteiger charge is -2.21. The van der Waals surface area contributed by atoms with Crippen molar-refractivity contribution in [1.82, 2.24) is 5.43 Å². The Morgan fingerprint density at radius 2 is 2.00 bits per heavy atom. The van der Waals surface area contributed by atoms with Gasteiger partial charge in [0.05, 0.1) is 7.11 Å². The van der Waals surface area contributed by atoms with Crippen LogP contribution in [0.15, 0.2) is 24.3 Å². The maximum atomic E-state index is 5.62. The second kappa shape index (κ2) is 8.08. The van der Waals surface area contributed by atoms with E-state index in [-0.39, 0.29) is 6.04 Å². The number of hydrogen-bond acceptors (Lipinski definition) is 4. The fourth-order valence-electron chi connectivity index (χ4n) is 2.19. The number of hydrogen-bond donors (Lipinski definition) is 2. The van der Waals surface area contributed by atoms with Gasteiger partial charge in [-0.25, -0.2) is 0 Å². The summed E-state index contributed by atoms with van der Waals surface area (Å²) in [7, 11) is 3.42. The van der Waals surface area contributed by atoms with Crippen molar-refractivity contribution in [2.75, 3.05) is 20.8 Å². The number of nitrogens with two attached hydrogens (primary N) is 1. The van der Waals surface area contributed by atoms with Crippen LogP contribution in [0.1, 0.15) is 18.9 Å². The van der Waals surface area contributed by atoms with Crippen molar-refractivity contribution in [1.29, 1.82) is 0 Å². The van der Waals surface area contributed by atoms with Gasteiger partial charge < -0.3 is 9.47 Å². The quantitative estimate of drug-likeness (QED) is 0.546. The summed E-state index contributed by atoms with van der Waals surface area (Å²) in [5.41, 5.74) is 4.05. The largest absolute Gasteiger partial charge is 0.496 e. The Bertz CT molecular complexity index is 344. The first kappa shape index (κ1) is 15.0. The zero-order chi connectivity index (χ0) is 13.4. The first-order valence-electron chi connectivity index (χ1n) is 6.28. The summed E-state index contributed by atoms with van der Waals surface area (Å²) in [5, 5.41) is 0. The first-order chi connectivity index (χ1) is 8.71. The van der Waals surface area contributed by atoms with Crippen molar-refractivity contribution in [3.05, 3.63) is 29.8 Å². The molecule has 0 aliphatic heterocycles. The molecule has 0 heterocycles. The number of hydrazine groups is 1. The highest BCUT2D eigenvalue weighted by atomic mass is 16.5. The molecule has 2 unspecified atom stereocenters. The van der Waals surface area contributed by atoms with E-state index in [0.29, 0.717) is 5.92 Å². The van der Waals surface area contributed by atoms with Gasteiger partial charge in [-0.1, -0.05) is 25.1 Å². The van der Waals surface area contributed by atoms with Crippen LogP contribution in [0.2, 0.25) is 0 Å². The van der Waals surface area contributed by atoms with Gasteiger partial charge >= 0.3 is 0 Å². The molecule has 18 heavy (non-hydrogen) atoms. The Morgan fingerprint density at radius 3 is 2.61 bits per heavy atom. The van der Waals surface area contributed by atoms with Crippen molar-refractivity contribution in [2.45, 2.75) is 25.8 Å². The summed E-state index contributed by atoms with van der Waals surface area (Å²) in [6.07, 6.45) is 1.83. The second-order valence-corrected chi connectivity index (χ2v) is 4.68. The Hall–Kier alpha value is -1.10. The Kier molecular flexibility index (Phi) is 6.72. The Balaban J connectivity index is 2.61. The molecule has 0 aromatic heterocycles. The van der Waals surface area contributed by atoms with Crippen molar-refractivity contribution >= 4 is 0 Å². The fraction of sp³-hybridized carbons (Fsp3) is 0.571. The third-order valence-electron chi connectivity index (χ3n) is 3.03. The van der Waals surface area contributed by atoms with E-state index in [9.17, 15) is 0 Å². The lowest BCUT2D eigenvalue weighted by atomic mass is 9.96. The van der Waals surface area contributed by atoms with Crippen LogP contribution >= 0.6 is 0 Å². The zero-order valence-electron chi connectivity index (χ0n) is 11.5. The molecule has 0 bridgehead atoms. The minimum absolute atomic E-state index is 0.228. The molecule has 0 saturated carbocycles. The fourth-order valence-corrected chi connectivity index (χ4v) is 2.19. The van der Waals surface area contributed by atoms with Gasteiger partial charge in [0.2, 0.25) is 0 Å². The van der Waals surface area contributed by atoms with E-state index < -0.39 is 0 Å². The lowest BCUT2D eigenvalue weighted by Crippen LogP contribution is -2.38. The SMILES string of the molecule is COCC(C)CC(Cc1ccccc1OC)NN. The third kappa shape index (κ3) is 4.64. The summed E-state index contributed by atoms with van der Waals surface area (Å²) >= 11 is 0. The minimum atomic E-state index is 0.228. The molecule has 4 nitrogen and oxygen atoms in total. The molecule has 0 amide bonds. The highest BCUT2D eigenvalue weighted by Gasteiger charge is 2.14. The molecule has 1 rings (SSSR count). The van der Waals surface area contributed by atoms with E-state index in [1.807, 2.05) is 18.2 Å². The number of ether oxygens (including phenoxy) is 2. The first-order valence-corrected chi connectivity index (χ1v) is 6.28. The number of methoxy groups -OCH3 is 2. The predicted octanol–water partition coefficient (Wildman–Crippen LogP) is 1.74. The average molecular weight is 252 g/mol. The van der Waals surface area contributed by atoms with Crippen LogP contribution < -0.4 is 16.0 Å². The zero-order valence-corrected chi connectivity index (χ0v) is 11.5. The van der Waals surface area contributed by atoms with E-state index in [4.69, 9.17) is 15.3 Å². The molecule has 1 aromatic carbocycles. The van der Waals surface area contributed by atoms with Crippen LogP contribution in [0.4, 0.5) is 0 Å². The van der Waals surface area contributed by atoms with Gasteiger partial charge in [-0.2, -0.15) is 0 Å². The van der Waals surface area contributed by atoms with Crippen molar-refractivity contribution in [3.63, 3.8) is 0 Å². The van der Waals surface area contributed by atoms with Crippen molar-refractivity contribution < 1.29 is 9.47 Å². The van der Waals surface area contributed by atoms with E-state index in [2.05, 4.69) is 18.4 Å². The number of rotatable bonds is 8. The lowest BCUT2D eigenvalue weighted by molar-refractivity contribution is 0.149. The van der Waals surface area contributed by atoms with E-state index in [1.54, 1.807) is 14.2 Å². The maximum absolute atomic E-state index is 5.62. The van der Waals surface area contributed by atoms with Crippen LogP contribution in [0, 0.1) is 5.92 Å². The van der Waals surface area contributed by atoms with Gasteiger partial charge in [0.25, 0.3) is 0 Å². The molecule has 1 aromatic rings. The van der Waals surface area contributed by atoms with E-state index >= 15 is 0 Å². The van der Waals surface area contributed by atoms with Gasteiger partial charge in [-0.05, 0) is 30.4 Å². The topological polar surface area (TPSA) is 56.5 Å². The molecule has 0 fully saturated rings. The van der Waals surface area contributed by atoms with Crippen LogP contribution in [0.25, 0.3) is 0 Å². The van der Waals surface area contributed by atoms with E-state index in [0.717, 1.165) is 25.2 Å². The molecule has 2 atom stereocenters. The molecular weight excluding hydrogens is 228 g/mol. The normalized spacial score (nSPS) is 14.2. The Labute approximate surface area is 109 Å². The van der Waals surface area contributed by atoms with Crippen LogP contribution in [-0.4, -0.2) is 26.9 Å². The molecule has 0 saturated heterocycles. The second-order valence-electron chi connectivity index (χ2n) is 4.68. The molecular formula is C14H24N2O2. The van der Waals surface area contributed by atoms with Crippen LogP contribution in [0.3, 0.4) is 0 Å². The molecule has 4 heteroatoms. The van der Waals surface area contributed by atoms with Gasteiger partial charge in [-0.3, -0.25) is 11.3 Å².